The van der Waals surface area contributed by atoms with Crippen LogP contribution in [0.3, 0.4) is 0 Å². The second kappa shape index (κ2) is 8.41. The van der Waals surface area contributed by atoms with Crippen molar-refractivity contribution in [3.8, 4) is 0 Å². The first-order valence-corrected chi connectivity index (χ1v) is 10.5. The Labute approximate surface area is 156 Å². The number of hydrogen-bond acceptors (Lipinski definition) is 3. The van der Waals surface area contributed by atoms with Crippen LogP contribution in [0.15, 0.2) is 54.6 Å². The maximum atomic E-state index is 12.7. The number of piperidine rings is 1. The fourth-order valence-electron chi connectivity index (χ4n) is 3.39. The molecule has 26 heavy (non-hydrogen) atoms. The molecule has 5 heteroatoms. The van der Waals surface area contributed by atoms with E-state index >= 15 is 0 Å². The lowest BCUT2D eigenvalue weighted by atomic mass is 9.88. The van der Waals surface area contributed by atoms with Gasteiger partial charge in [-0.15, -0.1) is 0 Å². The summed E-state index contributed by atoms with van der Waals surface area (Å²) >= 11 is 0. The SMILES string of the molecule is CS(=O)Cc1cccc(C(=O)N2CCC(C(=O)c3ccccc3)CC2)c1. The highest BCUT2D eigenvalue weighted by atomic mass is 32.2. The molecule has 1 aliphatic rings. The number of carbonyl (C=O) groups is 2. The van der Waals surface area contributed by atoms with Crippen molar-refractivity contribution in [2.24, 2.45) is 5.92 Å². The molecule has 0 N–H and O–H groups in total. The molecule has 1 amide bonds. The van der Waals surface area contributed by atoms with Crippen LogP contribution < -0.4 is 0 Å². The Balaban J connectivity index is 1.62. The minimum absolute atomic E-state index is 0.0145. The van der Waals surface area contributed by atoms with Gasteiger partial charge in [0.15, 0.2) is 5.78 Å². The first-order valence-electron chi connectivity index (χ1n) is 8.82. The predicted molar refractivity (Wildman–Crippen MR) is 104 cm³/mol. The van der Waals surface area contributed by atoms with Gasteiger partial charge in [-0.3, -0.25) is 13.8 Å². The number of hydrogen-bond donors (Lipinski definition) is 0. The van der Waals surface area contributed by atoms with E-state index in [2.05, 4.69) is 0 Å². The first-order chi connectivity index (χ1) is 12.5. The van der Waals surface area contributed by atoms with Crippen LogP contribution in [0, 0.1) is 5.92 Å². The Morgan fingerprint density at radius 1 is 1.00 bits per heavy atom. The fraction of sp³-hybridized carbons (Fsp3) is 0.333. The number of likely N-dealkylation sites (tertiary alicyclic amines) is 1. The lowest BCUT2D eigenvalue weighted by Gasteiger charge is -2.31. The smallest absolute Gasteiger partial charge is 0.253 e. The summed E-state index contributed by atoms with van der Waals surface area (Å²) in [7, 11) is -0.933. The van der Waals surface area contributed by atoms with E-state index in [0.29, 0.717) is 37.2 Å². The van der Waals surface area contributed by atoms with Crippen molar-refractivity contribution >= 4 is 22.5 Å². The third-order valence-electron chi connectivity index (χ3n) is 4.76. The van der Waals surface area contributed by atoms with Gasteiger partial charge in [0.25, 0.3) is 5.91 Å². The van der Waals surface area contributed by atoms with Crippen LogP contribution in [0.1, 0.15) is 39.1 Å². The second-order valence-electron chi connectivity index (χ2n) is 6.71. The first kappa shape index (κ1) is 18.5. The van der Waals surface area contributed by atoms with Crippen LogP contribution >= 0.6 is 0 Å². The highest BCUT2D eigenvalue weighted by Crippen LogP contribution is 2.23. The molecule has 1 unspecified atom stereocenters. The van der Waals surface area contributed by atoms with Gasteiger partial charge in [-0.25, -0.2) is 0 Å². The van der Waals surface area contributed by atoms with Gasteiger partial charge in [0.05, 0.1) is 0 Å². The number of Topliss-reactive ketones (excluding diaryl/α,β-unsaturated/α-hetero) is 1. The fourth-order valence-corrected chi connectivity index (χ4v) is 4.04. The van der Waals surface area contributed by atoms with Crippen LogP contribution in [-0.4, -0.2) is 40.1 Å². The Kier molecular flexibility index (Phi) is 5.99. The van der Waals surface area contributed by atoms with E-state index in [9.17, 15) is 13.8 Å². The molecule has 4 nitrogen and oxygen atoms in total. The summed E-state index contributed by atoms with van der Waals surface area (Å²) < 4.78 is 11.4. The Hall–Kier alpha value is -2.27. The number of carbonyl (C=O) groups excluding carboxylic acids is 2. The van der Waals surface area contributed by atoms with Crippen molar-refractivity contribution in [1.82, 2.24) is 4.90 Å². The summed E-state index contributed by atoms with van der Waals surface area (Å²) in [6.45, 7) is 1.18. The summed E-state index contributed by atoms with van der Waals surface area (Å²) in [5.41, 5.74) is 2.28. The van der Waals surface area contributed by atoms with Crippen LogP contribution in [0.5, 0.6) is 0 Å². The number of rotatable bonds is 5. The Bertz CT molecular complexity index is 811. The van der Waals surface area contributed by atoms with Gasteiger partial charge in [-0.1, -0.05) is 42.5 Å². The zero-order valence-corrected chi connectivity index (χ0v) is 15.7. The lowest BCUT2D eigenvalue weighted by Crippen LogP contribution is -2.40. The molecular formula is C21H23NO3S. The van der Waals surface area contributed by atoms with E-state index < -0.39 is 10.8 Å². The van der Waals surface area contributed by atoms with Crippen molar-refractivity contribution in [3.05, 3.63) is 71.3 Å². The molecule has 0 aliphatic carbocycles. The van der Waals surface area contributed by atoms with Crippen LogP contribution in [0.25, 0.3) is 0 Å². The standard InChI is InChI=1S/C21H23NO3S/c1-26(25)15-16-6-5-9-19(14-16)21(24)22-12-10-18(11-13-22)20(23)17-7-3-2-4-8-17/h2-9,14,18H,10-13,15H2,1H3. The summed E-state index contributed by atoms with van der Waals surface area (Å²) in [6, 6.07) is 16.7. The summed E-state index contributed by atoms with van der Waals surface area (Å²) in [4.78, 5) is 27.1. The molecule has 0 bridgehead atoms. The van der Waals surface area contributed by atoms with Gasteiger partial charge >= 0.3 is 0 Å². The minimum atomic E-state index is -0.933. The molecule has 3 rings (SSSR count). The average Bonchev–Trinajstić information content (AvgIpc) is 2.67. The van der Waals surface area contributed by atoms with Crippen LogP contribution in [0.4, 0.5) is 0 Å². The van der Waals surface area contributed by atoms with E-state index in [1.807, 2.05) is 53.4 Å². The summed E-state index contributed by atoms with van der Waals surface area (Å²) in [5.74, 6) is 0.592. The maximum absolute atomic E-state index is 12.7. The lowest BCUT2D eigenvalue weighted by molar-refractivity contribution is 0.0650. The molecule has 0 saturated carbocycles. The van der Waals surface area contributed by atoms with Crippen molar-refractivity contribution in [2.75, 3.05) is 19.3 Å². The van der Waals surface area contributed by atoms with Crippen molar-refractivity contribution in [2.45, 2.75) is 18.6 Å². The summed E-state index contributed by atoms with van der Waals surface area (Å²) in [5, 5.41) is 0. The molecule has 0 radical (unpaired) electrons. The molecule has 136 valence electrons. The van der Waals surface area contributed by atoms with Crippen LogP contribution in [0.2, 0.25) is 0 Å². The minimum Gasteiger partial charge on any atom is -0.339 e. The monoisotopic (exact) mass is 369 g/mol. The number of ketones is 1. The van der Waals surface area contributed by atoms with Gasteiger partial charge in [0, 0.05) is 52.9 Å². The molecular weight excluding hydrogens is 346 g/mol. The third-order valence-corrected chi connectivity index (χ3v) is 5.49. The predicted octanol–water partition coefficient (Wildman–Crippen LogP) is 3.30. The Morgan fingerprint density at radius 3 is 2.31 bits per heavy atom. The average molecular weight is 369 g/mol. The van der Waals surface area contributed by atoms with Crippen LogP contribution in [-0.2, 0) is 16.6 Å². The largest absolute Gasteiger partial charge is 0.339 e. The normalized spacial score (nSPS) is 16.3. The zero-order valence-electron chi connectivity index (χ0n) is 14.9. The van der Waals surface area contributed by atoms with Crippen molar-refractivity contribution in [3.63, 3.8) is 0 Å². The maximum Gasteiger partial charge on any atom is 0.253 e. The third kappa shape index (κ3) is 4.47. The molecule has 0 aromatic heterocycles. The second-order valence-corrected chi connectivity index (χ2v) is 8.15. The number of nitrogens with zero attached hydrogens (tertiary/aromatic N) is 1. The van der Waals surface area contributed by atoms with E-state index in [1.54, 1.807) is 12.3 Å². The van der Waals surface area contributed by atoms with Gasteiger partial charge in [-0.2, -0.15) is 0 Å². The number of amides is 1. The van der Waals surface area contributed by atoms with Gasteiger partial charge in [-0.05, 0) is 30.5 Å². The van der Waals surface area contributed by atoms with E-state index in [0.717, 1.165) is 11.1 Å². The van der Waals surface area contributed by atoms with Crippen molar-refractivity contribution in [1.29, 1.82) is 0 Å². The quantitative estimate of drug-likeness (QED) is 0.760. The van der Waals surface area contributed by atoms with Gasteiger partial charge < -0.3 is 4.90 Å². The molecule has 1 atom stereocenters. The summed E-state index contributed by atoms with van der Waals surface area (Å²) in [6.07, 6.45) is 3.04. The molecule has 0 spiro atoms. The topological polar surface area (TPSA) is 54.5 Å². The molecule has 1 saturated heterocycles. The van der Waals surface area contributed by atoms with E-state index in [1.165, 1.54) is 0 Å². The van der Waals surface area contributed by atoms with Gasteiger partial charge in [0.1, 0.15) is 0 Å². The van der Waals surface area contributed by atoms with Gasteiger partial charge in [0.2, 0.25) is 0 Å². The highest BCUT2D eigenvalue weighted by Gasteiger charge is 2.28. The molecule has 2 aromatic rings. The Morgan fingerprint density at radius 2 is 1.65 bits per heavy atom. The number of benzene rings is 2. The molecule has 2 aromatic carbocycles. The molecule has 1 heterocycles. The highest BCUT2D eigenvalue weighted by molar-refractivity contribution is 7.83. The van der Waals surface area contributed by atoms with E-state index in [4.69, 9.17) is 0 Å². The van der Waals surface area contributed by atoms with Crippen molar-refractivity contribution < 1.29 is 13.8 Å². The zero-order chi connectivity index (χ0) is 18.5. The van der Waals surface area contributed by atoms with E-state index in [-0.39, 0.29) is 17.6 Å². The molecule has 1 aliphatic heterocycles. The molecule has 1 fully saturated rings.